The van der Waals surface area contributed by atoms with Crippen molar-refractivity contribution in [2.45, 2.75) is 3.98 Å². The predicted octanol–water partition coefficient (Wildman–Crippen LogP) is 3.11. The lowest BCUT2D eigenvalue weighted by molar-refractivity contribution is 0.294. The monoisotopic (exact) mass is 256 g/mol. The molecule has 0 fully saturated rings. The summed E-state index contributed by atoms with van der Waals surface area (Å²) in [5.41, 5.74) is 0. The van der Waals surface area contributed by atoms with Crippen LogP contribution >= 0.6 is 34.8 Å². The second-order valence-electron chi connectivity index (χ2n) is 2.38. The number of alkyl halides is 3. The molecule has 0 heterocycles. The van der Waals surface area contributed by atoms with Crippen molar-refractivity contribution in [1.29, 1.82) is 0 Å². The third-order valence-electron chi connectivity index (χ3n) is 1.37. The molecule has 1 N–H and O–H groups in total. The zero-order valence-corrected chi connectivity index (χ0v) is 9.40. The molecule has 0 unspecified atom stereocenters. The van der Waals surface area contributed by atoms with Crippen LogP contribution in [0.4, 0.5) is 0 Å². The van der Waals surface area contributed by atoms with Crippen LogP contribution < -0.4 is 9.47 Å². The first-order valence-corrected chi connectivity index (χ1v) is 4.68. The molecule has 0 aliphatic rings. The smallest absolute Gasteiger partial charge is 0.338 e. The van der Waals surface area contributed by atoms with Crippen LogP contribution in [0, 0.1) is 0 Å². The van der Waals surface area contributed by atoms with Crippen molar-refractivity contribution in [3.8, 4) is 17.2 Å². The Morgan fingerprint density at radius 1 is 1.21 bits per heavy atom. The lowest BCUT2D eigenvalue weighted by Crippen LogP contribution is -2.13. The Hall–Kier alpha value is -0.510. The Balaban J connectivity index is 2.97. The largest absolute Gasteiger partial charge is 0.508 e. The van der Waals surface area contributed by atoms with Crippen molar-refractivity contribution < 1.29 is 14.6 Å². The number of methoxy groups -OCH3 is 1. The van der Waals surface area contributed by atoms with Gasteiger partial charge >= 0.3 is 3.98 Å². The summed E-state index contributed by atoms with van der Waals surface area (Å²) in [5.74, 6) is 0.570. The molecule has 0 aliphatic heterocycles. The molecule has 0 aromatic heterocycles. The number of aromatic hydroxyl groups is 1. The van der Waals surface area contributed by atoms with E-state index >= 15 is 0 Å². The van der Waals surface area contributed by atoms with E-state index in [0.29, 0.717) is 0 Å². The molecule has 6 heteroatoms. The zero-order chi connectivity index (χ0) is 10.8. The van der Waals surface area contributed by atoms with E-state index < -0.39 is 3.98 Å². The highest BCUT2D eigenvalue weighted by Crippen LogP contribution is 2.37. The van der Waals surface area contributed by atoms with Crippen molar-refractivity contribution in [2.24, 2.45) is 0 Å². The normalized spacial score (nSPS) is 11.1. The maximum Gasteiger partial charge on any atom is 0.338 e. The molecule has 14 heavy (non-hydrogen) atoms. The minimum atomic E-state index is -1.86. The van der Waals surface area contributed by atoms with Gasteiger partial charge in [0.2, 0.25) is 0 Å². The average Bonchev–Trinajstić information content (AvgIpc) is 2.06. The molecule has 0 aliphatic carbocycles. The maximum absolute atomic E-state index is 9.13. The molecule has 0 radical (unpaired) electrons. The number of hydrogen-bond acceptors (Lipinski definition) is 3. The molecule has 0 bridgehead atoms. The summed E-state index contributed by atoms with van der Waals surface area (Å²) in [4.78, 5) is 0. The first-order valence-electron chi connectivity index (χ1n) is 3.55. The van der Waals surface area contributed by atoms with Gasteiger partial charge in [-0.05, 0) is 46.9 Å². The number of benzene rings is 1. The van der Waals surface area contributed by atoms with Crippen LogP contribution in [0.2, 0.25) is 0 Å². The molecule has 0 spiro atoms. The summed E-state index contributed by atoms with van der Waals surface area (Å²) >= 11 is 16.3. The summed E-state index contributed by atoms with van der Waals surface area (Å²) in [7, 11) is 1.42. The van der Waals surface area contributed by atoms with Crippen LogP contribution in [0.3, 0.4) is 0 Å². The summed E-state index contributed by atoms with van der Waals surface area (Å²) in [5, 5.41) is 9.13. The highest BCUT2D eigenvalue weighted by molar-refractivity contribution is 6.66. The Bertz CT molecular complexity index is 322. The summed E-state index contributed by atoms with van der Waals surface area (Å²) in [6.45, 7) is 0. The fraction of sp³-hybridized carbons (Fsp3) is 0.250. The molecule has 78 valence electrons. The summed E-state index contributed by atoms with van der Waals surface area (Å²) in [6, 6.07) is 4.19. The molecule has 1 aromatic carbocycles. The van der Waals surface area contributed by atoms with Crippen LogP contribution in [0.5, 0.6) is 17.2 Å². The minimum absolute atomic E-state index is 0.0403. The topological polar surface area (TPSA) is 38.7 Å². The number of phenols is 1. The van der Waals surface area contributed by atoms with Crippen molar-refractivity contribution in [3.63, 3.8) is 0 Å². The van der Waals surface area contributed by atoms with Gasteiger partial charge in [-0.1, -0.05) is 0 Å². The van der Waals surface area contributed by atoms with Gasteiger partial charge in [0.15, 0.2) is 11.5 Å². The van der Waals surface area contributed by atoms with Gasteiger partial charge in [0.25, 0.3) is 0 Å². The second-order valence-corrected chi connectivity index (χ2v) is 4.56. The highest BCUT2D eigenvalue weighted by Gasteiger charge is 2.23. The van der Waals surface area contributed by atoms with Crippen molar-refractivity contribution >= 4 is 34.8 Å². The first kappa shape index (κ1) is 11.6. The van der Waals surface area contributed by atoms with Gasteiger partial charge in [-0.25, -0.2) is 0 Å². The zero-order valence-electron chi connectivity index (χ0n) is 7.13. The predicted molar refractivity (Wildman–Crippen MR) is 55.6 cm³/mol. The molecule has 3 nitrogen and oxygen atoms in total. The lowest BCUT2D eigenvalue weighted by atomic mass is 10.3. The molecular weight excluding hydrogens is 250 g/mol. The number of rotatable bonds is 2. The number of phenolic OH excluding ortho intramolecular Hbond substituents is 1. The quantitative estimate of drug-likeness (QED) is 0.828. The summed E-state index contributed by atoms with van der Waals surface area (Å²) in [6.07, 6.45) is 0. The van der Waals surface area contributed by atoms with Gasteiger partial charge in [0, 0.05) is 6.07 Å². The van der Waals surface area contributed by atoms with Crippen LogP contribution in [0.15, 0.2) is 18.2 Å². The number of hydrogen-bond donors (Lipinski definition) is 1. The third-order valence-corrected chi connectivity index (χ3v) is 1.60. The van der Waals surface area contributed by atoms with Gasteiger partial charge in [0.1, 0.15) is 5.75 Å². The van der Waals surface area contributed by atoms with E-state index in [4.69, 9.17) is 49.4 Å². The van der Waals surface area contributed by atoms with Crippen molar-refractivity contribution in [3.05, 3.63) is 18.2 Å². The Morgan fingerprint density at radius 3 is 2.36 bits per heavy atom. The molecule has 1 aromatic rings. The van der Waals surface area contributed by atoms with E-state index in [2.05, 4.69) is 0 Å². The standard InChI is InChI=1S/C8H7Cl3O3/c1-13-7-4-5(12)2-3-6(7)14-8(9,10)11/h2-4,12H,1H3. The van der Waals surface area contributed by atoms with Gasteiger partial charge < -0.3 is 14.6 Å². The molecule has 0 amide bonds. The van der Waals surface area contributed by atoms with Crippen LogP contribution in [-0.2, 0) is 0 Å². The lowest BCUT2D eigenvalue weighted by Gasteiger charge is -2.16. The maximum atomic E-state index is 9.13. The minimum Gasteiger partial charge on any atom is -0.508 e. The van der Waals surface area contributed by atoms with Gasteiger partial charge in [-0.3, -0.25) is 0 Å². The van der Waals surface area contributed by atoms with Gasteiger partial charge in [-0.2, -0.15) is 0 Å². The van der Waals surface area contributed by atoms with E-state index in [-0.39, 0.29) is 17.2 Å². The molecule has 1 rings (SSSR count). The van der Waals surface area contributed by atoms with Gasteiger partial charge in [-0.15, -0.1) is 0 Å². The first-order chi connectivity index (χ1) is 6.42. The van der Waals surface area contributed by atoms with E-state index in [9.17, 15) is 0 Å². The Labute approximate surface area is 96.1 Å². The van der Waals surface area contributed by atoms with Crippen LogP contribution in [-0.4, -0.2) is 16.2 Å². The molecule has 0 saturated heterocycles. The van der Waals surface area contributed by atoms with Crippen LogP contribution in [0.1, 0.15) is 0 Å². The number of halogens is 3. The average molecular weight is 258 g/mol. The molecular formula is C8H7Cl3O3. The van der Waals surface area contributed by atoms with Crippen molar-refractivity contribution in [1.82, 2.24) is 0 Å². The van der Waals surface area contributed by atoms with Gasteiger partial charge in [0.05, 0.1) is 7.11 Å². The second kappa shape index (κ2) is 4.34. The SMILES string of the molecule is COc1cc(O)ccc1OC(Cl)(Cl)Cl. The van der Waals surface area contributed by atoms with E-state index in [1.807, 2.05) is 0 Å². The fourth-order valence-electron chi connectivity index (χ4n) is 0.865. The van der Waals surface area contributed by atoms with E-state index in [0.717, 1.165) is 0 Å². The highest BCUT2D eigenvalue weighted by atomic mass is 35.6. The van der Waals surface area contributed by atoms with E-state index in [1.165, 1.54) is 25.3 Å². The molecule has 0 atom stereocenters. The fourth-order valence-corrected chi connectivity index (χ4v) is 1.11. The third kappa shape index (κ3) is 3.33. The number of ether oxygens (including phenoxy) is 2. The Morgan fingerprint density at radius 2 is 1.86 bits per heavy atom. The van der Waals surface area contributed by atoms with Crippen molar-refractivity contribution in [2.75, 3.05) is 7.11 Å². The van der Waals surface area contributed by atoms with E-state index in [1.54, 1.807) is 0 Å². The molecule has 0 saturated carbocycles. The Kier molecular flexibility index (Phi) is 3.59. The summed E-state index contributed by atoms with van der Waals surface area (Å²) < 4.78 is 7.99. The van der Waals surface area contributed by atoms with Crippen LogP contribution in [0.25, 0.3) is 0 Å².